The van der Waals surface area contributed by atoms with Crippen molar-refractivity contribution in [2.75, 3.05) is 11.9 Å². The number of aliphatic hydroxyl groups excluding tert-OH is 2. The summed E-state index contributed by atoms with van der Waals surface area (Å²) < 4.78 is 0. The normalized spacial score (nSPS) is 24.0. The van der Waals surface area contributed by atoms with Crippen LogP contribution in [0.4, 0.5) is 5.69 Å². The second-order valence-corrected chi connectivity index (χ2v) is 5.38. The lowest BCUT2D eigenvalue weighted by molar-refractivity contribution is 0.106. The van der Waals surface area contributed by atoms with Crippen molar-refractivity contribution >= 4 is 17.3 Å². The van der Waals surface area contributed by atoms with E-state index in [1.165, 1.54) is 0 Å². The van der Waals surface area contributed by atoms with Crippen LogP contribution in [0, 0.1) is 0 Å². The number of anilines is 1. The molecule has 1 aromatic rings. The minimum Gasteiger partial charge on any atom is -0.392 e. The molecular formula is C14H20ClNO2. The van der Waals surface area contributed by atoms with Gasteiger partial charge in [0, 0.05) is 7.05 Å². The van der Waals surface area contributed by atoms with Crippen molar-refractivity contribution in [3.8, 4) is 0 Å². The van der Waals surface area contributed by atoms with Crippen LogP contribution >= 0.6 is 11.6 Å². The standard InChI is InChI=1S/C14H20ClNO2/c1-16(13-4-2-3-5-14(13)18)12-7-6-10(9-17)8-11(12)15/h6-8,13-14,17-18H,2-5,9H2,1H3. The molecule has 100 valence electrons. The second kappa shape index (κ2) is 5.91. The zero-order valence-corrected chi connectivity index (χ0v) is 11.4. The van der Waals surface area contributed by atoms with Crippen LogP contribution in [0.3, 0.4) is 0 Å². The van der Waals surface area contributed by atoms with Gasteiger partial charge in [-0.3, -0.25) is 0 Å². The first kappa shape index (κ1) is 13.7. The Labute approximate surface area is 113 Å². The van der Waals surface area contributed by atoms with Crippen LogP contribution in [0.5, 0.6) is 0 Å². The Kier molecular flexibility index (Phi) is 4.49. The summed E-state index contributed by atoms with van der Waals surface area (Å²) in [5.74, 6) is 0. The molecule has 1 saturated carbocycles. The van der Waals surface area contributed by atoms with Gasteiger partial charge >= 0.3 is 0 Å². The minimum atomic E-state index is -0.280. The van der Waals surface area contributed by atoms with E-state index in [2.05, 4.69) is 4.90 Å². The highest BCUT2D eigenvalue weighted by Crippen LogP contribution is 2.31. The molecule has 0 radical (unpaired) electrons. The Morgan fingerprint density at radius 3 is 2.67 bits per heavy atom. The van der Waals surface area contributed by atoms with Crippen LogP contribution < -0.4 is 4.90 Å². The fraction of sp³-hybridized carbons (Fsp3) is 0.571. The van der Waals surface area contributed by atoms with Crippen LogP contribution in [-0.2, 0) is 6.61 Å². The highest BCUT2D eigenvalue weighted by Gasteiger charge is 2.27. The summed E-state index contributed by atoms with van der Waals surface area (Å²) in [6, 6.07) is 5.70. The molecule has 1 aliphatic carbocycles. The number of nitrogens with zero attached hydrogens (tertiary/aromatic N) is 1. The van der Waals surface area contributed by atoms with E-state index in [9.17, 15) is 5.11 Å². The monoisotopic (exact) mass is 269 g/mol. The number of aliphatic hydroxyl groups is 2. The van der Waals surface area contributed by atoms with E-state index in [4.69, 9.17) is 16.7 Å². The molecular weight excluding hydrogens is 250 g/mol. The molecule has 18 heavy (non-hydrogen) atoms. The van der Waals surface area contributed by atoms with Gasteiger partial charge in [0.1, 0.15) is 0 Å². The third kappa shape index (κ3) is 2.79. The maximum atomic E-state index is 10.1. The second-order valence-electron chi connectivity index (χ2n) is 4.97. The minimum absolute atomic E-state index is 0.00420. The molecule has 0 spiro atoms. The van der Waals surface area contributed by atoms with Crippen molar-refractivity contribution < 1.29 is 10.2 Å². The molecule has 2 N–H and O–H groups in total. The van der Waals surface area contributed by atoms with Gasteiger partial charge in [0.25, 0.3) is 0 Å². The Bertz CT molecular complexity index is 411. The van der Waals surface area contributed by atoms with Crippen LogP contribution in [-0.4, -0.2) is 29.4 Å². The van der Waals surface area contributed by atoms with Crippen molar-refractivity contribution in [2.45, 2.75) is 44.4 Å². The molecule has 0 heterocycles. The smallest absolute Gasteiger partial charge is 0.0743 e. The molecule has 2 unspecified atom stereocenters. The average Bonchev–Trinajstić information content (AvgIpc) is 2.38. The van der Waals surface area contributed by atoms with Crippen LogP contribution in [0.1, 0.15) is 31.2 Å². The lowest BCUT2D eigenvalue weighted by atomic mass is 9.91. The Morgan fingerprint density at radius 1 is 1.33 bits per heavy atom. The van der Waals surface area contributed by atoms with Gasteiger partial charge in [0.2, 0.25) is 0 Å². The third-order valence-corrected chi connectivity index (χ3v) is 4.07. The summed E-state index contributed by atoms with van der Waals surface area (Å²) in [6.45, 7) is -0.00420. The number of rotatable bonds is 3. The number of hydrogen-bond donors (Lipinski definition) is 2. The lowest BCUT2D eigenvalue weighted by Gasteiger charge is -2.37. The molecule has 0 aliphatic heterocycles. The van der Waals surface area contributed by atoms with E-state index in [0.717, 1.165) is 36.9 Å². The Morgan fingerprint density at radius 2 is 2.06 bits per heavy atom. The highest BCUT2D eigenvalue weighted by molar-refractivity contribution is 6.33. The summed E-state index contributed by atoms with van der Waals surface area (Å²) in [4.78, 5) is 2.06. The van der Waals surface area contributed by atoms with Gasteiger partial charge in [-0.25, -0.2) is 0 Å². The van der Waals surface area contributed by atoms with Crippen molar-refractivity contribution in [1.29, 1.82) is 0 Å². The first-order chi connectivity index (χ1) is 8.63. The van der Waals surface area contributed by atoms with Crippen molar-refractivity contribution in [3.63, 3.8) is 0 Å². The summed E-state index contributed by atoms with van der Waals surface area (Å²) in [7, 11) is 1.97. The van der Waals surface area contributed by atoms with Crippen molar-refractivity contribution in [1.82, 2.24) is 0 Å². The van der Waals surface area contributed by atoms with E-state index in [1.807, 2.05) is 19.2 Å². The van der Waals surface area contributed by atoms with Crippen molar-refractivity contribution in [3.05, 3.63) is 28.8 Å². The predicted octanol–water partition coefficient (Wildman–Crippen LogP) is 2.57. The van der Waals surface area contributed by atoms with Crippen LogP contribution in [0.15, 0.2) is 18.2 Å². The van der Waals surface area contributed by atoms with Gasteiger partial charge in [-0.05, 0) is 30.5 Å². The zero-order chi connectivity index (χ0) is 13.1. The molecule has 0 amide bonds. The van der Waals surface area contributed by atoms with E-state index < -0.39 is 0 Å². The summed E-state index contributed by atoms with van der Waals surface area (Å²) >= 11 is 6.24. The number of benzene rings is 1. The first-order valence-corrected chi connectivity index (χ1v) is 6.81. The van der Waals surface area contributed by atoms with Gasteiger partial charge in [-0.2, -0.15) is 0 Å². The fourth-order valence-corrected chi connectivity index (χ4v) is 2.99. The SMILES string of the molecule is CN(c1ccc(CO)cc1Cl)C1CCCCC1O. The van der Waals surface area contributed by atoms with Crippen molar-refractivity contribution in [2.24, 2.45) is 0 Å². The van der Waals surface area contributed by atoms with E-state index in [0.29, 0.717) is 5.02 Å². The highest BCUT2D eigenvalue weighted by atomic mass is 35.5. The molecule has 2 atom stereocenters. The fourth-order valence-electron chi connectivity index (χ4n) is 2.66. The maximum absolute atomic E-state index is 10.1. The topological polar surface area (TPSA) is 43.7 Å². The maximum Gasteiger partial charge on any atom is 0.0743 e. The molecule has 1 aromatic carbocycles. The van der Waals surface area contributed by atoms with Crippen LogP contribution in [0.25, 0.3) is 0 Å². The van der Waals surface area contributed by atoms with Crippen LogP contribution in [0.2, 0.25) is 5.02 Å². The first-order valence-electron chi connectivity index (χ1n) is 6.43. The molecule has 0 saturated heterocycles. The third-order valence-electron chi connectivity index (χ3n) is 3.77. The molecule has 0 aromatic heterocycles. The molecule has 4 heteroatoms. The van der Waals surface area contributed by atoms with E-state index in [1.54, 1.807) is 6.07 Å². The Balaban J connectivity index is 2.19. The zero-order valence-electron chi connectivity index (χ0n) is 10.6. The average molecular weight is 270 g/mol. The molecule has 1 fully saturated rings. The van der Waals surface area contributed by atoms with E-state index >= 15 is 0 Å². The Hall–Kier alpha value is -0.770. The van der Waals surface area contributed by atoms with Gasteiger partial charge in [-0.1, -0.05) is 30.5 Å². The van der Waals surface area contributed by atoms with Gasteiger partial charge in [-0.15, -0.1) is 0 Å². The molecule has 0 bridgehead atoms. The van der Waals surface area contributed by atoms with Gasteiger partial charge in [0.15, 0.2) is 0 Å². The summed E-state index contributed by atoms with van der Waals surface area (Å²) in [5.41, 5.74) is 1.72. The molecule has 3 nitrogen and oxygen atoms in total. The molecule has 1 aliphatic rings. The lowest BCUT2D eigenvalue weighted by Crippen LogP contribution is -2.43. The van der Waals surface area contributed by atoms with E-state index in [-0.39, 0.29) is 18.8 Å². The molecule has 2 rings (SSSR count). The number of likely N-dealkylation sites (N-methyl/N-ethyl adjacent to an activating group) is 1. The van der Waals surface area contributed by atoms with Gasteiger partial charge < -0.3 is 15.1 Å². The van der Waals surface area contributed by atoms with Gasteiger partial charge in [0.05, 0.1) is 29.5 Å². The number of halogens is 1. The summed E-state index contributed by atoms with van der Waals surface area (Å²) in [6.07, 6.45) is 3.83. The quantitative estimate of drug-likeness (QED) is 0.886. The summed E-state index contributed by atoms with van der Waals surface area (Å²) in [5, 5.41) is 19.8. The number of hydrogen-bond acceptors (Lipinski definition) is 3. The predicted molar refractivity (Wildman–Crippen MR) is 74.0 cm³/mol. The largest absolute Gasteiger partial charge is 0.392 e.